The average molecular weight is 238 g/mol. The minimum Gasteiger partial charge on any atom is -0.311 e. The van der Waals surface area contributed by atoms with Crippen LogP contribution in [0.2, 0.25) is 0 Å². The molecule has 1 saturated carbocycles. The fourth-order valence-electron chi connectivity index (χ4n) is 3.58. The molecule has 0 aromatic carbocycles. The van der Waals surface area contributed by atoms with E-state index in [1.165, 1.54) is 58.0 Å². The Balaban J connectivity index is 1.79. The molecule has 17 heavy (non-hydrogen) atoms. The van der Waals surface area contributed by atoms with Gasteiger partial charge in [0.05, 0.1) is 0 Å². The highest BCUT2D eigenvalue weighted by Gasteiger charge is 2.29. The number of hydrogen-bond acceptors (Lipinski definition) is 2. The first kappa shape index (κ1) is 13.4. The number of nitrogens with one attached hydrogen (secondary N) is 1. The summed E-state index contributed by atoms with van der Waals surface area (Å²) in [6.45, 7) is 7.42. The van der Waals surface area contributed by atoms with Crippen LogP contribution < -0.4 is 5.32 Å². The van der Waals surface area contributed by atoms with E-state index in [1.807, 2.05) is 0 Å². The minimum atomic E-state index is 0.567. The van der Waals surface area contributed by atoms with Crippen LogP contribution in [0.1, 0.15) is 58.8 Å². The molecule has 2 fully saturated rings. The number of nitrogens with zero attached hydrogens (tertiary/aromatic N) is 1. The van der Waals surface area contributed by atoms with Crippen molar-refractivity contribution in [1.82, 2.24) is 10.2 Å². The van der Waals surface area contributed by atoms with Crippen LogP contribution in [0.5, 0.6) is 0 Å². The van der Waals surface area contributed by atoms with E-state index in [4.69, 9.17) is 0 Å². The zero-order chi connectivity index (χ0) is 12.3. The molecule has 2 heteroatoms. The first-order valence-corrected chi connectivity index (χ1v) is 7.50. The monoisotopic (exact) mass is 238 g/mol. The maximum absolute atomic E-state index is 3.95. The molecule has 2 atom stereocenters. The van der Waals surface area contributed by atoms with Crippen LogP contribution in [0.3, 0.4) is 0 Å². The summed E-state index contributed by atoms with van der Waals surface area (Å²) in [6, 6.07) is 1.56. The lowest BCUT2D eigenvalue weighted by molar-refractivity contribution is 0.185. The molecule has 0 bridgehead atoms. The highest BCUT2D eigenvalue weighted by Crippen LogP contribution is 2.35. The average Bonchev–Trinajstić information content (AvgIpc) is 2.42. The second kappa shape index (κ2) is 5.71. The Bertz CT molecular complexity index is 237. The zero-order valence-corrected chi connectivity index (χ0v) is 12.0. The van der Waals surface area contributed by atoms with E-state index in [-0.39, 0.29) is 0 Å². The molecule has 0 aromatic heterocycles. The second-order valence-corrected chi connectivity index (χ2v) is 7.06. The summed E-state index contributed by atoms with van der Waals surface area (Å²) in [5.41, 5.74) is 0.567. The van der Waals surface area contributed by atoms with Crippen molar-refractivity contribution in [2.45, 2.75) is 70.9 Å². The first-order chi connectivity index (χ1) is 8.05. The lowest BCUT2D eigenvalue weighted by Crippen LogP contribution is -2.43. The molecule has 1 aliphatic heterocycles. The van der Waals surface area contributed by atoms with Gasteiger partial charge < -0.3 is 10.2 Å². The van der Waals surface area contributed by atoms with Crippen molar-refractivity contribution >= 4 is 0 Å². The van der Waals surface area contributed by atoms with Gasteiger partial charge in [-0.3, -0.25) is 0 Å². The number of likely N-dealkylation sites (tertiary alicyclic amines) is 1. The van der Waals surface area contributed by atoms with Crippen molar-refractivity contribution in [3.8, 4) is 0 Å². The molecular formula is C15H30N2. The highest BCUT2D eigenvalue weighted by molar-refractivity contribution is 4.86. The largest absolute Gasteiger partial charge is 0.311 e. The van der Waals surface area contributed by atoms with Gasteiger partial charge in [-0.15, -0.1) is 0 Å². The van der Waals surface area contributed by atoms with Gasteiger partial charge in [0.15, 0.2) is 0 Å². The molecular weight excluding hydrogens is 208 g/mol. The van der Waals surface area contributed by atoms with Gasteiger partial charge in [0.2, 0.25) is 0 Å². The maximum atomic E-state index is 3.95. The van der Waals surface area contributed by atoms with Gasteiger partial charge in [-0.05, 0) is 64.1 Å². The Labute approximate surface area is 107 Å². The molecule has 1 heterocycles. The van der Waals surface area contributed by atoms with Gasteiger partial charge in [0, 0.05) is 12.1 Å². The third kappa shape index (κ3) is 4.26. The molecule has 2 aliphatic rings. The van der Waals surface area contributed by atoms with Gasteiger partial charge in [-0.2, -0.15) is 0 Å². The molecule has 100 valence electrons. The second-order valence-electron chi connectivity index (χ2n) is 7.06. The molecule has 2 unspecified atom stereocenters. The van der Waals surface area contributed by atoms with Crippen LogP contribution >= 0.6 is 0 Å². The van der Waals surface area contributed by atoms with E-state index >= 15 is 0 Å². The van der Waals surface area contributed by atoms with E-state index in [2.05, 4.69) is 31.1 Å². The standard InChI is InChI=1S/C15H30N2/c1-15(2)9-4-6-14(12-15)16-13-7-5-10-17(3)11-8-13/h13-14,16H,4-12H2,1-3H3. The number of hydrogen-bond donors (Lipinski definition) is 1. The van der Waals surface area contributed by atoms with Crippen LogP contribution in [0.15, 0.2) is 0 Å². The van der Waals surface area contributed by atoms with Gasteiger partial charge in [-0.25, -0.2) is 0 Å². The summed E-state index contributed by atoms with van der Waals surface area (Å²) in [5, 5.41) is 3.95. The van der Waals surface area contributed by atoms with Crippen LogP contribution in [0.25, 0.3) is 0 Å². The van der Waals surface area contributed by atoms with E-state index in [1.54, 1.807) is 0 Å². The van der Waals surface area contributed by atoms with Crippen LogP contribution in [-0.2, 0) is 0 Å². The summed E-state index contributed by atoms with van der Waals surface area (Å²) < 4.78 is 0. The predicted octanol–water partition coefficient (Wildman–Crippen LogP) is 3.03. The highest BCUT2D eigenvalue weighted by atomic mass is 15.1. The molecule has 0 aromatic rings. The molecule has 1 saturated heterocycles. The zero-order valence-electron chi connectivity index (χ0n) is 12.0. The lowest BCUT2D eigenvalue weighted by atomic mass is 9.75. The molecule has 0 spiro atoms. The molecule has 2 nitrogen and oxygen atoms in total. The number of rotatable bonds is 2. The molecule has 2 rings (SSSR count). The Morgan fingerprint density at radius 3 is 2.53 bits per heavy atom. The van der Waals surface area contributed by atoms with Crippen LogP contribution in [0.4, 0.5) is 0 Å². The van der Waals surface area contributed by atoms with Crippen LogP contribution in [0, 0.1) is 5.41 Å². The maximum Gasteiger partial charge on any atom is 0.00823 e. The van der Waals surface area contributed by atoms with Gasteiger partial charge >= 0.3 is 0 Å². The third-order valence-corrected chi connectivity index (χ3v) is 4.63. The smallest absolute Gasteiger partial charge is 0.00823 e. The van der Waals surface area contributed by atoms with Gasteiger partial charge in [-0.1, -0.05) is 20.3 Å². The summed E-state index contributed by atoms with van der Waals surface area (Å²) in [6.07, 6.45) is 9.68. The van der Waals surface area contributed by atoms with Crippen molar-refractivity contribution in [1.29, 1.82) is 0 Å². The Hall–Kier alpha value is -0.0800. The summed E-state index contributed by atoms with van der Waals surface area (Å²) in [7, 11) is 2.26. The molecule has 0 amide bonds. The quantitative estimate of drug-likeness (QED) is 0.795. The fraction of sp³-hybridized carbons (Fsp3) is 1.00. The fourth-order valence-corrected chi connectivity index (χ4v) is 3.58. The summed E-state index contributed by atoms with van der Waals surface area (Å²) in [5.74, 6) is 0. The molecule has 0 radical (unpaired) electrons. The van der Waals surface area contributed by atoms with Gasteiger partial charge in [0.1, 0.15) is 0 Å². The van der Waals surface area contributed by atoms with E-state index in [9.17, 15) is 0 Å². The SMILES string of the molecule is CN1CCCC(NC2CCCC(C)(C)C2)CC1. The Morgan fingerprint density at radius 2 is 1.76 bits per heavy atom. The van der Waals surface area contributed by atoms with Crippen molar-refractivity contribution in [3.05, 3.63) is 0 Å². The van der Waals surface area contributed by atoms with Crippen molar-refractivity contribution in [2.24, 2.45) is 5.41 Å². The van der Waals surface area contributed by atoms with Crippen LogP contribution in [-0.4, -0.2) is 37.1 Å². The lowest BCUT2D eigenvalue weighted by Gasteiger charge is -2.37. The minimum absolute atomic E-state index is 0.567. The van der Waals surface area contributed by atoms with Gasteiger partial charge in [0.25, 0.3) is 0 Å². The van der Waals surface area contributed by atoms with E-state index < -0.39 is 0 Å². The van der Waals surface area contributed by atoms with Crippen molar-refractivity contribution in [3.63, 3.8) is 0 Å². The molecule has 1 N–H and O–H groups in total. The normalized spacial score (nSPS) is 35.5. The predicted molar refractivity (Wildman–Crippen MR) is 74.3 cm³/mol. The van der Waals surface area contributed by atoms with E-state index in [0.717, 1.165) is 12.1 Å². The molecule has 1 aliphatic carbocycles. The topological polar surface area (TPSA) is 15.3 Å². The summed E-state index contributed by atoms with van der Waals surface area (Å²) >= 11 is 0. The Kier molecular flexibility index (Phi) is 4.48. The first-order valence-electron chi connectivity index (χ1n) is 7.50. The van der Waals surface area contributed by atoms with Crippen molar-refractivity contribution < 1.29 is 0 Å². The van der Waals surface area contributed by atoms with Crippen molar-refractivity contribution in [2.75, 3.05) is 20.1 Å². The summed E-state index contributed by atoms with van der Waals surface area (Å²) in [4.78, 5) is 2.48. The third-order valence-electron chi connectivity index (χ3n) is 4.63. The van der Waals surface area contributed by atoms with E-state index in [0.29, 0.717) is 5.41 Å². The Morgan fingerprint density at radius 1 is 1.00 bits per heavy atom.